The molecule has 6 rings (SSSR count). The Morgan fingerprint density at radius 3 is 2.47 bits per heavy atom. The van der Waals surface area contributed by atoms with Gasteiger partial charge in [0.25, 0.3) is 0 Å². The number of halogens is 3. The number of fused-ring (bicyclic) bond motifs is 3. The highest BCUT2D eigenvalue weighted by Crippen LogP contribution is 2.39. The van der Waals surface area contributed by atoms with Gasteiger partial charge in [-0.1, -0.05) is 18.2 Å². The van der Waals surface area contributed by atoms with Gasteiger partial charge in [0.05, 0.1) is 0 Å². The van der Waals surface area contributed by atoms with Crippen molar-refractivity contribution in [3.63, 3.8) is 0 Å². The minimum absolute atomic E-state index is 0.334. The topological polar surface area (TPSA) is 34.3 Å². The maximum atomic E-state index is 13.9. The normalized spacial score (nSPS) is 21.6. The molecule has 3 aliphatic rings. The summed E-state index contributed by atoms with van der Waals surface area (Å²) >= 11 is 0. The maximum Gasteiger partial charge on any atom is 0.128 e. The second-order valence-electron chi connectivity index (χ2n) is 11.6. The Bertz CT molecular complexity index is 1180. The van der Waals surface area contributed by atoms with Crippen LogP contribution >= 0.6 is 0 Å². The fraction of sp³-hybridized carbons (Fsp3) is 0.517. The molecule has 0 radical (unpaired) electrons. The lowest BCUT2D eigenvalue weighted by Crippen LogP contribution is -2.62. The molecular weight excluding hydrogens is 461 g/mol. The molecule has 194 valence electrons. The number of nitrogens with zero attached hydrogens (tertiary/aromatic N) is 2. The summed E-state index contributed by atoms with van der Waals surface area (Å²) in [7, 11) is 0. The average Bonchev–Trinajstić information content (AvgIpc) is 3.14. The standard InChI is InChI=1S/C16H21FN2.C13H16F2N2/c1-11-8-13-12-6-4-5-7-14(12)18-15(13)9-19(11)10-16(2,3)17;14-10-4-11(15)6-12(5-10)17-8-13(9-17)2-1-3-16-7-13/h4-7,11,18H,8-10H2,1-3H3;4-6,16H,1-3,7-9H2. The lowest BCUT2D eigenvalue weighted by molar-refractivity contribution is 0.0853. The largest absolute Gasteiger partial charge is 0.370 e. The molecule has 4 heterocycles. The molecule has 1 atom stereocenters. The third kappa shape index (κ3) is 5.42. The molecule has 3 aromatic rings. The molecule has 3 aliphatic heterocycles. The summed E-state index contributed by atoms with van der Waals surface area (Å²) in [5, 5.41) is 4.72. The number of nitrogens with one attached hydrogen (secondary N) is 2. The zero-order valence-corrected chi connectivity index (χ0v) is 21.5. The lowest BCUT2D eigenvalue weighted by Gasteiger charge is -2.53. The van der Waals surface area contributed by atoms with Gasteiger partial charge in [-0.15, -0.1) is 0 Å². The van der Waals surface area contributed by atoms with Crippen LogP contribution in [-0.4, -0.2) is 54.3 Å². The number of benzene rings is 2. The van der Waals surface area contributed by atoms with Crippen molar-refractivity contribution in [1.82, 2.24) is 15.2 Å². The van der Waals surface area contributed by atoms with Crippen LogP contribution in [0.3, 0.4) is 0 Å². The van der Waals surface area contributed by atoms with Gasteiger partial charge in [0.1, 0.15) is 17.3 Å². The van der Waals surface area contributed by atoms with Crippen LogP contribution in [0.15, 0.2) is 42.5 Å². The number of alkyl halides is 1. The van der Waals surface area contributed by atoms with E-state index >= 15 is 0 Å². The molecule has 4 nitrogen and oxygen atoms in total. The highest BCUT2D eigenvalue weighted by molar-refractivity contribution is 5.84. The highest BCUT2D eigenvalue weighted by atomic mass is 19.1. The number of hydrogen-bond acceptors (Lipinski definition) is 3. The van der Waals surface area contributed by atoms with E-state index in [0.717, 1.165) is 45.2 Å². The van der Waals surface area contributed by atoms with Gasteiger partial charge in [0.15, 0.2) is 0 Å². The third-order valence-corrected chi connectivity index (χ3v) is 7.79. The van der Waals surface area contributed by atoms with E-state index in [1.54, 1.807) is 13.8 Å². The zero-order chi connectivity index (χ0) is 25.5. The molecule has 1 spiro atoms. The molecule has 7 heteroatoms. The Hall–Kier alpha value is -2.51. The van der Waals surface area contributed by atoms with Crippen molar-refractivity contribution in [2.24, 2.45) is 5.41 Å². The van der Waals surface area contributed by atoms with Crippen LogP contribution in [0.1, 0.15) is 44.9 Å². The minimum atomic E-state index is -1.14. The van der Waals surface area contributed by atoms with Gasteiger partial charge in [-0.2, -0.15) is 0 Å². The van der Waals surface area contributed by atoms with E-state index in [1.165, 1.54) is 47.1 Å². The predicted octanol–water partition coefficient (Wildman–Crippen LogP) is 5.82. The van der Waals surface area contributed by atoms with E-state index in [0.29, 0.717) is 23.7 Å². The highest BCUT2D eigenvalue weighted by Gasteiger charge is 2.43. The van der Waals surface area contributed by atoms with E-state index in [-0.39, 0.29) is 0 Å². The Labute approximate surface area is 211 Å². The van der Waals surface area contributed by atoms with Crippen molar-refractivity contribution in [2.75, 3.05) is 37.6 Å². The molecule has 0 saturated carbocycles. The van der Waals surface area contributed by atoms with Crippen LogP contribution in [0.4, 0.5) is 18.9 Å². The monoisotopic (exact) mass is 498 g/mol. The van der Waals surface area contributed by atoms with Gasteiger partial charge in [-0.05, 0) is 70.3 Å². The second kappa shape index (κ2) is 9.75. The molecule has 0 bridgehead atoms. The number of hydrogen-bond donors (Lipinski definition) is 2. The summed E-state index contributed by atoms with van der Waals surface area (Å²) in [6.45, 7) is 10.7. The van der Waals surface area contributed by atoms with E-state index in [9.17, 15) is 13.2 Å². The number of H-pyrrole nitrogens is 1. The fourth-order valence-electron chi connectivity index (χ4n) is 6.07. The fourth-order valence-corrected chi connectivity index (χ4v) is 6.07. The molecule has 1 unspecified atom stereocenters. The average molecular weight is 499 g/mol. The van der Waals surface area contributed by atoms with Crippen molar-refractivity contribution in [3.8, 4) is 0 Å². The minimum Gasteiger partial charge on any atom is -0.370 e. The number of para-hydroxylation sites is 1. The van der Waals surface area contributed by atoms with Gasteiger partial charge < -0.3 is 15.2 Å². The number of rotatable bonds is 3. The van der Waals surface area contributed by atoms with Crippen molar-refractivity contribution in [3.05, 3.63) is 65.4 Å². The number of aromatic nitrogens is 1. The van der Waals surface area contributed by atoms with Gasteiger partial charge in [-0.3, -0.25) is 4.90 Å². The van der Waals surface area contributed by atoms with E-state index in [2.05, 4.69) is 51.3 Å². The van der Waals surface area contributed by atoms with E-state index in [4.69, 9.17) is 0 Å². The first-order chi connectivity index (χ1) is 17.1. The quantitative estimate of drug-likeness (QED) is 0.478. The molecule has 2 saturated heterocycles. The van der Waals surface area contributed by atoms with Gasteiger partial charge in [0.2, 0.25) is 0 Å². The smallest absolute Gasteiger partial charge is 0.128 e. The molecule has 2 fully saturated rings. The molecule has 36 heavy (non-hydrogen) atoms. The Morgan fingerprint density at radius 1 is 1.08 bits per heavy atom. The van der Waals surface area contributed by atoms with Gasteiger partial charge >= 0.3 is 0 Å². The molecule has 0 aliphatic carbocycles. The molecule has 2 N–H and O–H groups in total. The van der Waals surface area contributed by atoms with Crippen molar-refractivity contribution in [1.29, 1.82) is 0 Å². The number of anilines is 1. The Balaban J connectivity index is 0.000000149. The van der Waals surface area contributed by atoms with Crippen molar-refractivity contribution < 1.29 is 13.2 Å². The first-order valence-corrected chi connectivity index (χ1v) is 13.0. The SMILES string of the molecule is CC1Cc2c([nH]c3ccccc23)CN1CC(C)(C)F.Fc1cc(F)cc(N2CC3(CCCNC3)C2)c1. The summed E-state index contributed by atoms with van der Waals surface area (Å²) in [4.78, 5) is 7.78. The summed E-state index contributed by atoms with van der Waals surface area (Å²) in [5.74, 6) is -0.995. The van der Waals surface area contributed by atoms with Crippen LogP contribution in [0.25, 0.3) is 10.9 Å². The number of aromatic amines is 1. The van der Waals surface area contributed by atoms with E-state index in [1.807, 2.05) is 0 Å². The molecule has 2 aromatic carbocycles. The van der Waals surface area contributed by atoms with Gasteiger partial charge in [-0.25, -0.2) is 13.2 Å². The molecule has 1 aromatic heterocycles. The van der Waals surface area contributed by atoms with Crippen LogP contribution < -0.4 is 10.2 Å². The second-order valence-corrected chi connectivity index (χ2v) is 11.6. The Morgan fingerprint density at radius 2 is 1.81 bits per heavy atom. The number of piperidine rings is 1. The third-order valence-electron chi connectivity index (χ3n) is 7.79. The first-order valence-electron chi connectivity index (χ1n) is 13.0. The van der Waals surface area contributed by atoms with Crippen LogP contribution in [-0.2, 0) is 13.0 Å². The first kappa shape index (κ1) is 25.2. The van der Waals surface area contributed by atoms with Crippen molar-refractivity contribution in [2.45, 2.75) is 58.3 Å². The maximum absolute atomic E-state index is 13.9. The summed E-state index contributed by atoms with van der Waals surface area (Å²) < 4.78 is 40.1. The van der Waals surface area contributed by atoms with Crippen LogP contribution in [0, 0.1) is 17.0 Å². The van der Waals surface area contributed by atoms with Crippen LogP contribution in [0.5, 0.6) is 0 Å². The summed E-state index contributed by atoms with van der Waals surface area (Å²) in [6, 6.07) is 12.5. The van der Waals surface area contributed by atoms with Crippen molar-refractivity contribution >= 4 is 16.6 Å². The predicted molar refractivity (Wildman–Crippen MR) is 140 cm³/mol. The van der Waals surface area contributed by atoms with Gasteiger partial charge in [0, 0.05) is 72.5 Å². The van der Waals surface area contributed by atoms with E-state index < -0.39 is 17.3 Å². The Kier molecular flexibility index (Phi) is 6.81. The molecule has 0 amide bonds. The van der Waals surface area contributed by atoms with Crippen LogP contribution in [0.2, 0.25) is 0 Å². The zero-order valence-electron chi connectivity index (χ0n) is 21.5. The lowest BCUT2D eigenvalue weighted by atomic mass is 9.74. The summed E-state index contributed by atoms with van der Waals surface area (Å²) in [6.07, 6.45) is 3.41. The summed E-state index contributed by atoms with van der Waals surface area (Å²) in [5.41, 5.74) is 3.72. The molecular formula is C29H37F3N4.